The van der Waals surface area contributed by atoms with E-state index in [0.717, 1.165) is 30.5 Å². The second-order valence-corrected chi connectivity index (χ2v) is 4.80. The topological polar surface area (TPSA) is 68.0 Å². The molecule has 2 rings (SSSR count). The number of carbonyl (C=O) groups excluding carboxylic acids is 1. The zero-order valence-electron chi connectivity index (χ0n) is 10.1. The Hall–Kier alpha value is -1.42. The molecule has 1 amide bonds. The Kier molecular flexibility index (Phi) is 3.74. The Morgan fingerprint density at radius 3 is 3.06 bits per heavy atom. The molecule has 1 aliphatic carbocycles. The molecule has 4 nitrogen and oxygen atoms in total. The molecule has 0 saturated heterocycles. The van der Waals surface area contributed by atoms with E-state index in [4.69, 9.17) is 5.73 Å². The van der Waals surface area contributed by atoms with Crippen LogP contribution in [0.25, 0.3) is 0 Å². The lowest BCUT2D eigenvalue weighted by molar-refractivity contribution is -0.117. The number of nitrogens with one attached hydrogen (secondary N) is 1. The maximum absolute atomic E-state index is 11.9. The summed E-state index contributed by atoms with van der Waals surface area (Å²) in [5.74, 6) is 0.402. The van der Waals surface area contributed by atoms with Crippen molar-refractivity contribution in [2.24, 2.45) is 11.7 Å². The number of anilines is 1. The minimum absolute atomic E-state index is 0.0571. The first kappa shape index (κ1) is 12.0. The molecular formula is C13H19N3O. The third kappa shape index (κ3) is 3.03. The van der Waals surface area contributed by atoms with Gasteiger partial charge in [0.25, 0.3) is 0 Å². The summed E-state index contributed by atoms with van der Waals surface area (Å²) < 4.78 is 0. The first-order valence-electron chi connectivity index (χ1n) is 6.13. The highest BCUT2D eigenvalue weighted by Gasteiger charge is 2.26. The van der Waals surface area contributed by atoms with E-state index in [1.807, 2.05) is 13.0 Å². The fourth-order valence-electron chi connectivity index (χ4n) is 2.37. The highest BCUT2D eigenvalue weighted by molar-refractivity contribution is 5.91. The second-order valence-electron chi connectivity index (χ2n) is 4.80. The van der Waals surface area contributed by atoms with Crippen molar-refractivity contribution in [3.63, 3.8) is 0 Å². The molecule has 3 N–H and O–H groups in total. The van der Waals surface area contributed by atoms with Gasteiger partial charge in [-0.1, -0.05) is 6.42 Å². The molecule has 0 spiro atoms. The van der Waals surface area contributed by atoms with Crippen molar-refractivity contribution < 1.29 is 4.79 Å². The fraction of sp³-hybridized carbons (Fsp3) is 0.538. The van der Waals surface area contributed by atoms with Gasteiger partial charge in [0.2, 0.25) is 5.91 Å². The molecule has 0 aliphatic heterocycles. The van der Waals surface area contributed by atoms with E-state index >= 15 is 0 Å². The van der Waals surface area contributed by atoms with Gasteiger partial charge in [0.15, 0.2) is 0 Å². The Bertz CT molecular complexity index is 405. The summed E-state index contributed by atoms with van der Waals surface area (Å²) >= 11 is 0. The molecule has 4 heteroatoms. The molecule has 1 aromatic heterocycles. The number of rotatable bonds is 3. The minimum Gasteiger partial charge on any atom is -0.327 e. The van der Waals surface area contributed by atoms with Crippen LogP contribution in [-0.4, -0.2) is 16.9 Å². The SMILES string of the molecule is Cc1cnccc1NC(=O)C[C@@H]1CCC[C@H]1N. The van der Waals surface area contributed by atoms with Crippen LogP contribution < -0.4 is 11.1 Å². The molecule has 92 valence electrons. The van der Waals surface area contributed by atoms with Crippen LogP contribution in [-0.2, 0) is 4.79 Å². The summed E-state index contributed by atoms with van der Waals surface area (Å²) in [6, 6.07) is 2.02. The Morgan fingerprint density at radius 2 is 2.41 bits per heavy atom. The fourth-order valence-corrected chi connectivity index (χ4v) is 2.37. The Labute approximate surface area is 102 Å². The Balaban J connectivity index is 1.91. The highest BCUT2D eigenvalue weighted by Crippen LogP contribution is 2.27. The van der Waals surface area contributed by atoms with Crippen LogP contribution in [0, 0.1) is 12.8 Å². The van der Waals surface area contributed by atoms with Gasteiger partial charge in [0, 0.05) is 30.5 Å². The number of nitrogens with two attached hydrogens (primary N) is 1. The molecule has 1 saturated carbocycles. The van der Waals surface area contributed by atoms with Gasteiger partial charge in [-0.3, -0.25) is 9.78 Å². The van der Waals surface area contributed by atoms with Crippen LogP contribution in [0.3, 0.4) is 0 Å². The largest absolute Gasteiger partial charge is 0.327 e. The molecule has 2 atom stereocenters. The lowest BCUT2D eigenvalue weighted by Gasteiger charge is -2.15. The van der Waals surface area contributed by atoms with Gasteiger partial charge in [-0.2, -0.15) is 0 Å². The van der Waals surface area contributed by atoms with Gasteiger partial charge >= 0.3 is 0 Å². The van der Waals surface area contributed by atoms with E-state index < -0.39 is 0 Å². The summed E-state index contributed by atoms with van der Waals surface area (Å²) in [6.07, 6.45) is 7.23. The molecule has 0 bridgehead atoms. The molecule has 0 unspecified atom stereocenters. The van der Waals surface area contributed by atoms with E-state index in [1.54, 1.807) is 12.4 Å². The van der Waals surface area contributed by atoms with E-state index in [9.17, 15) is 4.79 Å². The number of aromatic nitrogens is 1. The van der Waals surface area contributed by atoms with Gasteiger partial charge in [-0.05, 0) is 37.3 Å². The van der Waals surface area contributed by atoms with Crippen LogP contribution in [0.2, 0.25) is 0 Å². The second kappa shape index (κ2) is 5.27. The molecule has 1 aliphatic rings. The van der Waals surface area contributed by atoms with E-state index in [-0.39, 0.29) is 11.9 Å². The zero-order chi connectivity index (χ0) is 12.3. The predicted molar refractivity (Wildman–Crippen MR) is 67.5 cm³/mol. The van der Waals surface area contributed by atoms with Crippen molar-refractivity contribution in [1.29, 1.82) is 0 Å². The molecule has 1 fully saturated rings. The van der Waals surface area contributed by atoms with E-state index in [1.165, 1.54) is 0 Å². The molecule has 1 heterocycles. The van der Waals surface area contributed by atoms with Gasteiger partial charge in [-0.25, -0.2) is 0 Å². The summed E-state index contributed by atoms with van der Waals surface area (Å²) in [4.78, 5) is 15.9. The monoisotopic (exact) mass is 233 g/mol. The van der Waals surface area contributed by atoms with Gasteiger partial charge in [0.1, 0.15) is 0 Å². The van der Waals surface area contributed by atoms with Crippen molar-refractivity contribution in [3.8, 4) is 0 Å². The van der Waals surface area contributed by atoms with Crippen molar-refractivity contribution >= 4 is 11.6 Å². The van der Waals surface area contributed by atoms with Gasteiger partial charge in [-0.15, -0.1) is 0 Å². The quantitative estimate of drug-likeness (QED) is 0.837. The van der Waals surface area contributed by atoms with Crippen molar-refractivity contribution in [1.82, 2.24) is 4.98 Å². The predicted octanol–water partition coefficient (Wildman–Crippen LogP) is 1.85. The highest BCUT2D eigenvalue weighted by atomic mass is 16.1. The van der Waals surface area contributed by atoms with Crippen LogP contribution >= 0.6 is 0 Å². The van der Waals surface area contributed by atoms with E-state index in [0.29, 0.717) is 12.3 Å². The van der Waals surface area contributed by atoms with E-state index in [2.05, 4.69) is 10.3 Å². The van der Waals surface area contributed by atoms with Crippen molar-refractivity contribution in [2.45, 2.75) is 38.6 Å². The first-order valence-corrected chi connectivity index (χ1v) is 6.13. The van der Waals surface area contributed by atoms with Crippen LogP contribution in [0.1, 0.15) is 31.2 Å². The summed E-state index contributed by atoms with van der Waals surface area (Å²) in [5.41, 5.74) is 7.79. The molecule has 1 aromatic rings. The number of hydrogen-bond acceptors (Lipinski definition) is 3. The smallest absolute Gasteiger partial charge is 0.224 e. The molecule has 17 heavy (non-hydrogen) atoms. The van der Waals surface area contributed by atoms with Crippen molar-refractivity contribution in [2.75, 3.05) is 5.32 Å². The number of amides is 1. The normalized spacial score (nSPS) is 23.6. The molecular weight excluding hydrogens is 214 g/mol. The minimum atomic E-state index is 0.0571. The first-order chi connectivity index (χ1) is 8.16. The zero-order valence-corrected chi connectivity index (χ0v) is 10.1. The summed E-state index contributed by atoms with van der Waals surface area (Å²) in [6.45, 7) is 1.93. The average molecular weight is 233 g/mol. The maximum Gasteiger partial charge on any atom is 0.224 e. The Morgan fingerprint density at radius 1 is 1.59 bits per heavy atom. The lowest BCUT2D eigenvalue weighted by atomic mass is 10.00. The summed E-state index contributed by atoms with van der Waals surface area (Å²) in [5, 5.41) is 2.92. The third-order valence-corrected chi connectivity index (χ3v) is 3.46. The lowest BCUT2D eigenvalue weighted by Crippen LogP contribution is -2.28. The van der Waals surface area contributed by atoms with Crippen LogP contribution in [0.5, 0.6) is 0 Å². The molecule has 0 radical (unpaired) electrons. The molecule has 0 aromatic carbocycles. The number of hydrogen-bond donors (Lipinski definition) is 2. The van der Waals surface area contributed by atoms with Crippen LogP contribution in [0.4, 0.5) is 5.69 Å². The van der Waals surface area contributed by atoms with Gasteiger partial charge < -0.3 is 11.1 Å². The average Bonchev–Trinajstić information content (AvgIpc) is 2.68. The number of pyridine rings is 1. The van der Waals surface area contributed by atoms with Crippen molar-refractivity contribution in [3.05, 3.63) is 24.0 Å². The maximum atomic E-state index is 11.9. The standard InChI is InChI=1S/C13H19N3O/c1-9-8-15-6-5-12(9)16-13(17)7-10-3-2-4-11(10)14/h5-6,8,10-11H,2-4,7,14H2,1H3,(H,15,16,17)/t10-,11+/m0/s1. The number of nitrogens with zero attached hydrogens (tertiary/aromatic N) is 1. The third-order valence-electron chi connectivity index (χ3n) is 3.46. The number of aryl methyl sites for hydroxylation is 1. The number of carbonyl (C=O) groups is 1. The van der Waals surface area contributed by atoms with Gasteiger partial charge in [0.05, 0.1) is 0 Å². The summed E-state index contributed by atoms with van der Waals surface area (Å²) in [7, 11) is 0. The van der Waals surface area contributed by atoms with Crippen LogP contribution in [0.15, 0.2) is 18.5 Å².